The van der Waals surface area contributed by atoms with Crippen molar-refractivity contribution in [2.75, 3.05) is 4.90 Å². The Morgan fingerprint density at radius 3 is 1.80 bits per heavy atom. The van der Waals surface area contributed by atoms with E-state index in [1.54, 1.807) is 0 Å². The van der Waals surface area contributed by atoms with Crippen LogP contribution in [0.25, 0.3) is 55.3 Å². The molecule has 2 aliphatic carbocycles. The maximum Gasteiger partial charge on any atom is 0.178 e. The van der Waals surface area contributed by atoms with Crippen LogP contribution >= 0.6 is 0 Å². The number of hydrogen-bond donors (Lipinski definition) is 0. The Morgan fingerprint density at radius 1 is 0.373 bits per heavy atom. The summed E-state index contributed by atoms with van der Waals surface area (Å²) in [6.45, 7) is 0. The van der Waals surface area contributed by atoms with E-state index in [0.717, 1.165) is 67.0 Å². The summed E-state index contributed by atoms with van der Waals surface area (Å²) in [4.78, 5) is 2.28. The van der Waals surface area contributed by atoms with Crippen molar-refractivity contribution < 1.29 is 13.9 Å². The number of ether oxygens (including phenoxy) is 2. The van der Waals surface area contributed by atoms with E-state index >= 15 is 0 Å². The lowest BCUT2D eigenvalue weighted by Crippen LogP contribution is -2.25. The minimum absolute atomic E-state index is 0.470. The Balaban J connectivity index is 0.958. The topological polar surface area (TPSA) is 34.8 Å². The van der Waals surface area contributed by atoms with Gasteiger partial charge in [0.05, 0.1) is 11.1 Å². The zero-order valence-electron chi connectivity index (χ0n) is 31.7. The van der Waals surface area contributed by atoms with Crippen molar-refractivity contribution in [1.29, 1.82) is 0 Å². The summed E-state index contributed by atoms with van der Waals surface area (Å²) in [6, 6.07) is 70.9. The third-order valence-electron chi connectivity index (χ3n) is 12.5. The molecule has 4 heteroatoms. The molecule has 0 atom stereocenters. The van der Waals surface area contributed by atoms with Crippen molar-refractivity contribution in [2.45, 2.75) is 5.41 Å². The lowest BCUT2D eigenvalue weighted by atomic mass is 9.70. The van der Waals surface area contributed by atoms with Gasteiger partial charge in [-0.2, -0.15) is 0 Å². The Morgan fingerprint density at radius 2 is 0.983 bits per heavy atom. The zero-order chi connectivity index (χ0) is 38.7. The molecule has 0 fully saturated rings. The van der Waals surface area contributed by atoms with Gasteiger partial charge in [-0.05, 0) is 105 Å². The van der Waals surface area contributed by atoms with E-state index in [-0.39, 0.29) is 0 Å². The predicted octanol–water partition coefficient (Wildman–Crippen LogP) is 15.0. The number of fused-ring (bicyclic) bond motifs is 16. The average Bonchev–Trinajstić information content (AvgIpc) is 3.93. The Kier molecular flexibility index (Phi) is 6.62. The van der Waals surface area contributed by atoms with E-state index in [9.17, 15) is 0 Å². The summed E-state index contributed by atoms with van der Waals surface area (Å²) in [5.41, 5.74) is 16.4. The summed E-state index contributed by atoms with van der Waals surface area (Å²) in [6.07, 6.45) is 0. The number of hydrogen-bond acceptors (Lipinski definition) is 4. The monoisotopic (exact) mass is 755 g/mol. The molecule has 0 unspecified atom stereocenters. The Labute approximate surface area is 340 Å². The highest BCUT2D eigenvalue weighted by Crippen LogP contribution is 2.66. The van der Waals surface area contributed by atoms with E-state index in [2.05, 4.69) is 181 Å². The van der Waals surface area contributed by atoms with Crippen LogP contribution in [0.5, 0.6) is 23.0 Å². The minimum Gasteiger partial charge on any atom is -0.456 e. The standard InChI is InChI=1S/C55H33NO3/c1-2-15-35(16-3-1)56(36-17-12-14-34(32-36)38-22-13-27-49-52(38)42-21-7-11-26-47(42)57-49)37-28-30-48-51(33-37)59-54-50(58-48)31-29-46-53(54)41-20-6-10-25-45(41)55(46)43-23-8-4-18-39(43)40-19-5-9-24-44(40)55/h1-33H. The summed E-state index contributed by atoms with van der Waals surface area (Å²) >= 11 is 0. The van der Waals surface area contributed by atoms with Gasteiger partial charge in [0.1, 0.15) is 11.2 Å². The van der Waals surface area contributed by atoms with Crippen LogP contribution in [-0.2, 0) is 5.41 Å². The molecule has 1 aromatic heterocycles. The van der Waals surface area contributed by atoms with Crippen LogP contribution in [0, 0.1) is 0 Å². The lowest BCUT2D eigenvalue weighted by molar-refractivity contribution is 0.360. The van der Waals surface area contributed by atoms with E-state index in [4.69, 9.17) is 13.9 Å². The second-order valence-corrected chi connectivity index (χ2v) is 15.5. The summed E-state index contributed by atoms with van der Waals surface area (Å²) in [5.74, 6) is 2.80. The molecule has 0 bridgehead atoms. The van der Waals surface area contributed by atoms with Crippen LogP contribution in [0.2, 0.25) is 0 Å². The molecule has 59 heavy (non-hydrogen) atoms. The van der Waals surface area contributed by atoms with E-state index in [1.165, 1.54) is 33.4 Å². The minimum atomic E-state index is -0.470. The number of rotatable bonds is 4. The zero-order valence-corrected chi connectivity index (χ0v) is 31.7. The molecule has 2 heterocycles. The first-order chi connectivity index (χ1) is 29.3. The van der Waals surface area contributed by atoms with E-state index < -0.39 is 5.41 Å². The van der Waals surface area contributed by atoms with Crippen LogP contribution in [-0.4, -0.2) is 0 Å². The molecule has 0 radical (unpaired) electrons. The highest BCUT2D eigenvalue weighted by molar-refractivity contribution is 6.12. The fourth-order valence-corrected chi connectivity index (χ4v) is 10.2. The SMILES string of the molecule is c1ccc(N(c2cccc(-c3cccc4oc5ccccc5c34)c2)c2ccc3c(c2)Oc2c(ccc4c2-c2ccccc2C42c4ccccc4-c4ccccc42)O3)cc1. The molecule has 1 aliphatic heterocycles. The van der Waals surface area contributed by atoms with Crippen LogP contribution in [0.1, 0.15) is 22.3 Å². The smallest absolute Gasteiger partial charge is 0.178 e. The molecule has 10 aromatic rings. The van der Waals surface area contributed by atoms with Crippen LogP contribution in [0.4, 0.5) is 17.1 Å². The number of nitrogens with zero attached hydrogens (tertiary/aromatic N) is 1. The Bertz CT molecular complexity index is 3320. The van der Waals surface area contributed by atoms with Gasteiger partial charge < -0.3 is 18.8 Å². The molecule has 1 spiro atoms. The first-order valence-corrected chi connectivity index (χ1v) is 20.1. The van der Waals surface area contributed by atoms with Crippen LogP contribution < -0.4 is 14.4 Å². The first-order valence-electron chi connectivity index (χ1n) is 20.1. The van der Waals surface area contributed by atoms with Gasteiger partial charge in [0.2, 0.25) is 0 Å². The third-order valence-corrected chi connectivity index (χ3v) is 12.5. The van der Waals surface area contributed by atoms with Gasteiger partial charge in [0.25, 0.3) is 0 Å². The van der Waals surface area contributed by atoms with Crippen molar-refractivity contribution in [1.82, 2.24) is 0 Å². The van der Waals surface area contributed by atoms with Crippen molar-refractivity contribution >= 4 is 39.0 Å². The second-order valence-electron chi connectivity index (χ2n) is 15.5. The number of furan rings is 1. The highest BCUT2D eigenvalue weighted by atomic mass is 16.6. The van der Waals surface area contributed by atoms with Gasteiger partial charge in [-0.25, -0.2) is 0 Å². The highest BCUT2D eigenvalue weighted by Gasteiger charge is 2.53. The second kappa shape index (κ2) is 12.1. The molecule has 4 nitrogen and oxygen atoms in total. The van der Waals surface area contributed by atoms with Gasteiger partial charge in [-0.1, -0.05) is 140 Å². The van der Waals surface area contributed by atoms with Gasteiger partial charge in [-0.15, -0.1) is 0 Å². The molecule has 0 saturated heterocycles. The van der Waals surface area contributed by atoms with Crippen molar-refractivity contribution in [2.24, 2.45) is 0 Å². The number of anilines is 3. The quantitative estimate of drug-likeness (QED) is 0.179. The molecule has 9 aromatic carbocycles. The van der Waals surface area contributed by atoms with Gasteiger partial charge >= 0.3 is 0 Å². The largest absolute Gasteiger partial charge is 0.456 e. The predicted molar refractivity (Wildman–Crippen MR) is 237 cm³/mol. The maximum absolute atomic E-state index is 7.13. The molecule has 0 saturated carbocycles. The fraction of sp³-hybridized carbons (Fsp3) is 0.0182. The van der Waals surface area contributed by atoms with Crippen LogP contribution in [0.3, 0.4) is 0 Å². The molecular weight excluding hydrogens is 723 g/mol. The van der Waals surface area contributed by atoms with Crippen molar-refractivity contribution in [3.8, 4) is 56.4 Å². The summed E-state index contributed by atoms with van der Waals surface area (Å²) in [7, 11) is 0. The van der Waals surface area contributed by atoms with Gasteiger partial charge in [-0.3, -0.25) is 0 Å². The summed E-state index contributed by atoms with van der Waals surface area (Å²) in [5, 5.41) is 2.22. The molecule has 276 valence electrons. The lowest BCUT2D eigenvalue weighted by Gasteiger charge is -2.31. The molecule has 13 rings (SSSR count). The van der Waals surface area contributed by atoms with E-state index in [0.29, 0.717) is 17.2 Å². The molecule has 0 amide bonds. The molecule has 3 aliphatic rings. The molecule has 0 N–H and O–H groups in total. The Hall–Kier alpha value is -7.82. The van der Waals surface area contributed by atoms with Gasteiger partial charge in [0, 0.05) is 33.8 Å². The number of benzene rings is 9. The average molecular weight is 756 g/mol. The maximum atomic E-state index is 7.13. The fourth-order valence-electron chi connectivity index (χ4n) is 10.2. The normalized spacial score (nSPS) is 13.5. The van der Waals surface area contributed by atoms with Gasteiger partial charge in [0.15, 0.2) is 23.0 Å². The van der Waals surface area contributed by atoms with Crippen molar-refractivity contribution in [3.63, 3.8) is 0 Å². The van der Waals surface area contributed by atoms with E-state index in [1.807, 2.05) is 24.3 Å². The third kappa shape index (κ3) is 4.43. The number of para-hydroxylation sites is 2. The first kappa shape index (κ1) is 32.3. The van der Waals surface area contributed by atoms with Crippen LogP contribution in [0.15, 0.2) is 205 Å². The van der Waals surface area contributed by atoms with Crippen molar-refractivity contribution in [3.05, 3.63) is 222 Å². The summed E-state index contributed by atoms with van der Waals surface area (Å²) < 4.78 is 20.2. The molecular formula is C55H33NO3.